The molecule has 2 aliphatic rings. The molecule has 0 heterocycles. The Kier molecular flexibility index (Phi) is 2.58. The highest BCUT2D eigenvalue weighted by Gasteiger charge is 2.32. The number of carbonyl (C=O) groups is 1. The van der Waals surface area contributed by atoms with E-state index in [9.17, 15) is 4.79 Å². The van der Waals surface area contributed by atoms with Gasteiger partial charge in [0.25, 0.3) is 0 Å². The summed E-state index contributed by atoms with van der Waals surface area (Å²) in [5.74, 6) is 0.153. The monoisotopic (exact) mass is 240 g/mol. The summed E-state index contributed by atoms with van der Waals surface area (Å²) in [5.41, 5.74) is 5.37. The van der Waals surface area contributed by atoms with E-state index in [1.54, 1.807) is 0 Å². The second-order valence-corrected chi connectivity index (χ2v) is 4.94. The highest BCUT2D eigenvalue weighted by Crippen LogP contribution is 2.47. The van der Waals surface area contributed by atoms with Gasteiger partial charge in [-0.2, -0.15) is 0 Å². The Labute approximate surface area is 107 Å². The van der Waals surface area contributed by atoms with Crippen LogP contribution in [0.25, 0.3) is 5.57 Å². The number of benzene rings is 1. The van der Waals surface area contributed by atoms with Crippen LogP contribution in [-0.4, -0.2) is 13.1 Å². The smallest absolute Gasteiger partial charge is 0.312 e. The zero-order valence-electron chi connectivity index (χ0n) is 10.6. The summed E-state index contributed by atoms with van der Waals surface area (Å²) in [6.45, 7) is 2.22. The van der Waals surface area contributed by atoms with Gasteiger partial charge in [-0.15, -0.1) is 0 Å². The SMILES string of the molecule is COC(=O)C1C=CC2=C(C1)C(C)c1ccccc12. The van der Waals surface area contributed by atoms with E-state index in [1.165, 1.54) is 29.4 Å². The molecular weight excluding hydrogens is 224 g/mol. The van der Waals surface area contributed by atoms with E-state index in [1.807, 2.05) is 6.08 Å². The molecule has 0 aliphatic heterocycles. The van der Waals surface area contributed by atoms with Gasteiger partial charge in [0.05, 0.1) is 13.0 Å². The van der Waals surface area contributed by atoms with E-state index in [0.717, 1.165) is 6.42 Å². The number of rotatable bonds is 1. The van der Waals surface area contributed by atoms with Crippen LogP contribution < -0.4 is 0 Å². The van der Waals surface area contributed by atoms with Gasteiger partial charge >= 0.3 is 5.97 Å². The zero-order valence-corrected chi connectivity index (χ0v) is 10.6. The quantitative estimate of drug-likeness (QED) is 0.704. The molecule has 2 heteroatoms. The van der Waals surface area contributed by atoms with E-state index >= 15 is 0 Å². The lowest BCUT2D eigenvalue weighted by Gasteiger charge is -2.19. The largest absolute Gasteiger partial charge is 0.469 e. The molecular formula is C16H16O2. The van der Waals surface area contributed by atoms with Gasteiger partial charge < -0.3 is 4.74 Å². The number of carbonyl (C=O) groups excluding carboxylic acids is 1. The minimum atomic E-state index is -0.138. The number of ether oxygens (including phenoxy) is 1. The average Bonchev–Trinajstić information content (AvgIpc) is 2.72. The Bertz CT molecular complexity index is 566. The van der Waals surface area contributed by atoms with Crippen molar-refractivity contribution in [2.45, 2.75) is 19.3 Å². The molecule has 1 aromatic rings. The maximum absolute atomic E-state index is 11.6. The Morgan fingerprint density at radius 2 is 2.11 bits per heavy atom. The van der Waals surface area contributed by atoms with Crippen LogP contribution >= 0.6 is 0 Å². The second-order valence-electron chi connectivity index (χ2n) is 4.94. The first-order valence-electron chi connectivity index (χ1n) is 6.30. The predicted octanol–water partition coefficient (Wildman–Crippen LogP) is 3.31. The van der Waals surface area contributed by atoms with Crippen LogP contribution in [0.1, 0.15) is 30.4 Å². The van der Waals surface area contributed by atoms with Crippen LogP contribution in [0.2, 0.25) is 0 Å². The highest BCUT2D eigenvalue weighted by atomic mass is 16.5. The van der Waals surface area contributed by atoms with E-state index in [2.05, 4.69) is 37.3 Å². The van der Waals surface area contributed by atoms with Crippen molar-refractivity contribution in [2.75, 3.05) is 7.11 Å². The molecule has 1 aromatic carbocycles. The second kappa shape index (κ2) is 4.13. The number of esters is 1. The van der Waals surface area contributed by atoms with Gasteiger partial charge in [0.1, 0.15) is 0 Å². The molecule has 0 bridgehead atoms. The van der Waals surface area contributed by atoms with Crippen LogP contribution in [-0.2, 0) is 9.53 Å². The average molecular weight is 240 g/mol. The summed E-state index contributed by atoms with van der Waals surface area (Å²) < 4.78 is 4.84. The Balaban J connectivity index is 1.98. The number of hydrogen-bond acceptors (Lipinski definition) is 2. The Morgan fingerprint density at radius 3 is 2.89 bits per heavy atom. The van der Waals surface area contributed by atoms with Crippen molar-refractivity contribution >= 4 is 11.5 Å². The van der Waals surface area contributed by atoms with Crippen LogP contribution in [0.3, 0.4) is 0 Å². The molecule has 0 spiro atoms. The van der Waals surface area contributed by atoms with Crippen molar-refractivity contribution in [1.29, 1.82) is 0 Å². The van der Waals surface area contributed by atoms with Crippen molar-refractivity contribution in [1.82, 2.24) is 0 Å². The van der Waals surface area contributed by atoms with Crippen molar-refractivity contribution in [3.63, 3.8) is 0 Å². The summed E-state index contributed by atoms with van der Waals surface area (Å²) in [6, 6.07) is 8.49. The minimum absolute atomic E-state index is 0.120. The van der Waals surface area contributed by atoms with Crippen LogP contribution in [0.4, 0.5) is 0 Å². The fraction of sp³-hybridized carbons (Fsp3) is 0.312. The third kappa shape index (κ3) is 1.52. The van der Waals surface area contributed by atoms with E-state index < -0.39 is 0 Å². The molecule has 2 aliphatic carbocycles. The van der Waals surface area contributed by atoms with Crippen molar-refractivity contribution < 1.29 is 9.53 Å². The minimum Gasteiger partial charge on any atom is -0.469 e. The summed E-state index contributed by atoms with van der Waals surface area (Å²) in [6.07, 6.45) is 4.84. The molecule has 0 radical (unpaired) electrons. The molecule has 92 valence electrons. The van der Waals surface area contributed by atoms with E-state index in [4.69, 9.17) is 4.74 Å². The van der Waals surface area contributed by atoms with Crippen molar-refractivity contribution in [2.24, 2.45) is 5.92 Å². The van der Waals surface area contributed by atoms with Gasteiger partial charge in [-0.1, -0.05) is 48.9 Å². The van der Waals surface area contributed by atoms with Gasteiger partial charge in [0.15, 0.2) is 0 Å². The van der Waals surface area contributed by atoms with Crippen molar-refractivity contribution in [3.05, 3.63) is 53.1 Å². The van der Waals surface area contributed by atoms with Crippen molar-refractivity contribution in [3.8, 4) is 0 Å². The Morgan fingerprint density at radius 1 is 1.33 bits per heavy atom. The summed E-state index contributed by atoms with van der Waals surface area (Å²) in [7, 11) is 1.45. The molecule has 0 N–H and O–H groups in total. The summed E-state index contributed by atoms with van der Waals surface area (Å²) in [5, 5.41) is 0. The van der Waals surface area contributed by atoms with Gasteiger partial charge in [-0.05, 0) is 23.1 Å². The number of methoxy groups -OCH3 is 1. The molecule has 18 heavy (non-hydrogen) atoms. The standard InChI is InChI=1S/C16H16O2/c1-10-12-5-3-4-6-13(12)14-8-7-11(9-15(10)14)16(17)18-2/h3-8,10-11H,9H2,1-2H3. The maximum Gasteiger partial charge on any atom is 0.312 e. The normalized spacial score (nSPS) is 24.8. The number of hydrogen-bond donors (Lipinski definition) is 0. The fourth-order valence-electron chi connectivity index (χ4n) is 3.03. The van der Waals surface area contributed by atoms with Crippen LogP contribution in [0, 0.1) is 5.92 Å². The summed E-state index contributed by atoms with van der Waals surface area (Å²) >= 11 is 0. The lowest BCUT2D eigenvalue weighted by atomic mass is 9.86. The molecule has 2 nitrogen and oxygen atoms in total. The highest BCUT2D eigenvalue weighted by molar-refractivity contribution is 5.88. The molecule has 2 unspecified atom stereocenters. The molecule has 3 rings (SSSR count). The summed E-state index contributed by atoms with van der Waals surface area (Å²) in [4.78, 5) is 11.6. The number of fused-ring (bicyclic) bond motifs is 2. The topological polar surface area (TPSA) is 26.3 Å². The first-order valence-corrected chi connectivity index (χ1v) is 6.30. The molecule has 2 atom stereocenters. The van der Waals surface area contributed by atoms with Crippen LogP contribution in [0.15, 0.2) is 42.0 Å². The van der Waals surface area contributed by atoms with Gasteiger partial charge in [0.2, 0.25) is 0 Å². The Hall–Kier alpha value is -1.83. The van der Waals surface area contributed by atoms with E-state index in [0.29, 0.717) is 5.92 Å². The van der Waals surface area contributed by atoms with Gasteiger partial charge in [-0.25, -0.2) is 0 Å². The number of allylic oxidation sites excluding steroid dienone is 3. The fourth-order valence-corrected chi connectivity index (χ4v) is 3.03. The third-order valence-electron chi connectivity index (χ3n) is 4.03. The lowest BCUT2D eigenvalue weighted by molar-refractivity contribution is -0.143. The lowest BCUT2D eigenvalue weighted by Crippen LogP contribution is -2.17. The third-order valence-corrected chi connectivity index (χ3v) is 4.03. The predicted molar refractivity (Wildman–Crippen MR) is 71.0 cm³/mol. The zero-order chi connectivity index (χ0) is 12.7. The molecule has 0 saturated carbocycles. The van der Waals surface area contributed by atoms with Crippen LogP contribution in [0.5, 0.6) is 0 Å². The molecule has 0 aromatic heterocycles. The molecule has 0 fully saturated rings. The molecule has 0 saturated heterocycles. The first kappa shape index (κ1) is 11.3. The first-order chi connectivity index (χ1) is 8.72. The molecule has 0 amide bonds. The van der Waals surface area contributed by atoms with Gasteiger partial charge in [-0.3, -0.25) is 4.79 Å². The van der Waals surface area contributed by atoms with Gasteiger partial charge in [0, 0.05) is 5.92 Å². The van der Waals surface area contributed by atoms with E-state index in [-0.39, 0.29) is 11.9 Å². The maximum atomic E-state index is 11.6.